The van der Waals surface area contributed by atoms with E-state index in [4.69, 9.17) is 4.42 Å². The quantitative estimate of drug-likeness (QED) is 0.480. The number of nitrogens with zero attached hydrogens (tertiary/aromatic N) is 5. The van der Waals surface area contributed by atoms with Crippen LogP contribution >= 0.6 is 11.3 Å². The Kier molecular flexibility index (Phi) is 6.12. The van der Waals surface area contributed by atoms with E-state index in [0.717, 1.165) is 21.7 Å². The Morgan fingerprint density at radius 2 is 1.93 bits per heavy atom. The first-order valence-electron chi connectivity index (χ1n) is 8.03. The molecule has 3 aromatic heterocycles. The van der Waals surface area contributed by atoms with E-state index >= 15 is 0 Å². The van der Waals surface area contributed by atoms with Crippen LogP contribution < -0.4 is 4.31 Å². The van der Waals surface area contributed by atoms with Gasteiger partial charge in [-0.2, -0.15) is 8.78 Å². The molecule has 156 valence electrons. The largest absolute Gasteiger partial charge is 0.414 e. The molecule has 0 amide bonds. The second-order valence-electron chi connectivity index (χ2n) is 5.49. The molecule has 0 aromatic carbocycles. The van der Waals surface area contributed by atoms with Crippen LogP contribution in [0.25, 0.3) is 10.8 Å². The van der Waals surface area contributed by atoms with Crippen molar-refractivity contribution in [2.24, 2.45) is 0 Å². The molecule has 8 nitrogen and oxygen atoms in total. The first-order valence-corrected chi connectivity index (χ1v) is 10.5. The average Bonchev–Trinajstić information content (AvgIpc) is 3.35. The normalized spacial score (nSPS) is 12.1. The summed E-state index contributed by atoms with van der Waals surface area (Å²) < 4.78 is 81.7. The SMILES string of the molecule is CCS(=O)(=O)N(Cc1ncc(-c2nnc(C(F)F)o2)s1)c1cccc(C(F)F)n1. The summed E-state index contributed by atoms with van der Waals surface area (Å²) in [5, 5.41) is 6.96. The maximum Gasteiger partial charge on any atom is 0.314 e. The highest BCUT2D eigenvalue weighted by Gasteiger charge is 2.25. The van der Waals surface area contributed by atoms with E-state index in [1.807, 2.05) is 0 Å². The van der Waals surface area contributed by atoms with Crippen LogP contribution in [0.2, 0.25) is 0 Å². The van der Waals surface area contributed by atoms with Gasteiger partial charge in [-0.1, -0.05) is 6.07 Å². The molecular weight excluding hydrogens is 438 g/mol. The summed E-state index contributed by atoms with van der Waals surface area (Å²) in [6, 6.07) is 3.66. The fraction of sp³-hybridized carbons (Fsp3) is 0.333. The maximum absolute atomic E-state index is 12.9. The Labute approximate surface area is 166 Å². The number of hydrogen-bond donors (Lipinski definition) is 0. The summed E-state index contributed by atoms with van der Waals surface area (Å²) in [7, 11) is -3.87. The van der Waals surface area contributed by atoms with Crippen molar-refractivity contribution in [3.8, 4) is 10.8 Å². The molecule has 0 bridgehead atoms. The number of aromatic nitrogens is 4. The summed E-state index contributed by atoms with van der Waals surface area (Å²) in [5.74, 6) is -1.52. The Morgan fingerprint density at radius 3 is 2.55 bits per heavy atom. The highest BCUT2D eigenvalue weighted by atomic mass is 32.2. The topological polar surface area (TPSA) is 102 Å². The van der Waals surface area contributed by atoms with E-state index < -0.39 is 34.5 Å². The number of anilines is 1. The number of alkyl halides is 4. The van der Waals surface area contributed by atoms with Crippen LogP contribution in [0.3, 0.4) is 0 Å². The van der Waals surface area contributed by atoms with E-state index in [-0.39, 0.29) is 33.9 Å². The van der Waals surface area contributed by atoms with Gasteiger partial charge in [0.25, 0.3) is 18.2 Å². The lowest BCUT2D eigenvalue weighted by Crippen LogP contribution is -2.32. The molecule has 0 radical (unpaired) electrons. The van der Waals surface area contributed by atoms with Gasteiger partial charge in [-0.15, -0.1) is 21.5 Å². The van der Waals surface area contributed by atoms with Gasteiger partial charge in [0.05, 0.1) is 18.5 Å². The lowest BCUT2D eigenvalue weighted by atomic mass is 10.3. The van der Waals surface area contributed by atoms with Crippen LogP contribution in [-0.4, -0.2) is 34.3 Å². The standard InChI is InChI=1S/C15H13F4N5O3S2/c1-2-29(25,26)24(10-5-3-4-8(21-10)12(16)17)7-11-20-6-9(28-11)14-22-23-15(27-14)13(18)19/h3-6,12-13H,2,7H2,1H3. The van der Waals surface area contributed by atoms with Crippen LogP contribution in [0.5, 0.6) is 0 Å². The molecule has 0 aliphatic heterocycles. The van der Waals surface area contributed by atoms with Crippen LogP contribution in [0.4, 0.5) is 23.4 Å². The number of pyridine rings is 1. The van der Waals surface area contributed by atoms with Gasteiger partial charge in [0.1, 0.15) is 21.4 Å². The molecule has 0 unspecified atom stereocenters. The van der Waals surface area contributed by atoms with E-state index in [9.17, 15) is 26.0 Å². The Morgan fingerprint density at radius 1 is 1.17 bits per heavy atom. The molecular formula is C15H13F4N5O3S2. The Hall–Kier alpha value is -2.61. The lowest BCUT2D eigenvalue weighted by Gasteiger charge is -2.22. The Balaban J connectivity index is 1.91. The van der Waals surface area contributed by atoms with E-state index in [2.05, 4.69) is 20.2 Å². The predicted octanol–water partition coefficient (Wildman–Crippen LogP) is 3.82. The number of hydrogen-bond acceptors (Lipinski definition) is 8. The number of thiazole rings is 1. The van der Waals surface area contributed by atoms with Crippen LogP contribution in [0.15, 0.2) is 28.8 Å². The number of halogens is 4. The summed E-state index contributed by atoms with van der Waals surface area (Å²) in [6.07, 6.45) is -4.53. The molecule has 0 aliphatic rings. The van der Waals surface area contributed by atoms with Crippen LogP contribution in [-0.2, 0) is 16.6 Å². The molecule has 3 aromatic rings. The third kappa shape index (κ3) is 4.70. The molecule has 0 fully saturated rings. The smallest absolute Gasteiger partial charge is 0.314 e. The molecule has 0 aliphatic carbocycles. The first kappa shape index (κ1) is 21.1. The zero-order chi connectivity index (χ0) is 21.2. The van der Waals surface area contributed by atoms with Crippen molar-refractivity contribution >= 4 is 27.2 Å². The van der Waals surface area contributed by atoms with E-state index in [1.165, 1.54) is 25.3 Å². The molecule has 29 heavy (non-hydrogen) atoms. The van der Waals surface area contributed by atoms with Crippen molar-refractivity contribution in [2.45, 2.75) is 26.3 Å². The highest BCUT2D eigenvalue weighted by Crippen LogP contribution is 2.30. The molecule has 3 rings (SSSR count). The first-order chi connectivity index (χ1) is 13.7. The summed E-state index contributed by atoms with van der Waals surface area (Å²) in [6.45, 7) is 1.10. The van der Waals surface area contributed by atoms with Gasteiger partial charge < -0.3 is 4.42 Å². The predicted molar refractivity (Wildman–Crippen MR) is 95.2 cm³/mol. The van der Waals surface area contributed by atoms with Crippen molar-refractivity contribution in [2.75, 3.05) is 10.1 Å². The third-order valence-corrected chi connectivity index (χ3v) is 6.29. The van der Waals surface area contributed by atoms with Crippen LogP contribution in [0.1, 0.15) is 36.4 Å². The summed E-state index contributed by atoms with van der Waals surface area (Å²) in [5.41, 5.74) is -0.566. The minimum absolute atomic E-state index is 0.181. The highest BCUT2D eigenvalue weighted by molar-refractivity contribution is 7.92. The molecule has 3 heterocycles. The maximum atomic E-state index is 12.9. The minimum Gasteiger partial charge on any atom is -0.414 e. The number of rotatable bonds is 8. The van der Waals surface area contributed by atoms with Crippen molar-refractivity contribution in [3.05, 3.63) is 41.0 Å². The van der Waals surface area contributed by atoms with Gasteiger partial charge in [0.2, 0.25) is 10.0 Å². The second kappa shape index (κ2) is 8.41. The summed E-state index contributed by atoms with van der Waals surface area (Å²) >= 11 is 0.937. The zero-order valence-corrected chi connectivity index (χ0v) is 16.3. The average molecular weight is 451 g/mol. The van der Waals surface area contributed by atoms with Gasteiger partial charge in [-0.3, -0.25) is 0 Å². The molecule has 0 saturated heterocycles. The molecule has 0 spiro atoms. The fourth-order valence-electron chi connectivity index (χ4n) is 2.21. The van der Waals surface area contributed by atoms with E-state index in [0.29, 0.717) is 0 Å². The third-order valence-electron chi connectivity index (χ3n) is 3.61. The van der Waals surface area contributed by atoms with Crippen molar-refractivity contribution in [1.29, 1.82) is 0 Å². The van der Waals surface area contributed by atoms with E-state index in [1.54, 1.807) is 0 Å². The summed E-state index contributed by atoms with van der Waals surface area (Å²) in [4.78, 5) is 8.01. The Bertz CT molecular complexity index is 1090. The van der Waals surface area contributed by atoms with Gasteiger partial charge in [0.15, 0.2) is 0 Å². The van der Waals surface area contributed by atoms with Crippen LogP contribution in [0, 0.1) is 0 Å². The molecule has 14 heteroatoms. The zero-order valence-electron chi connectivity index (χ0n) is 14.7. The van der Waals surface area contributed by atoms with Crippen molar-refractivity contribution in [3.63, 3.8) is 0 Å². The monoisotopic (exact) mass is 451 g/mol. The number of sulfonamides is 1. The van der Waals surface area contributed by atoms with Gasteiger partial charge in [-0.25, -0.2) is 31.5 Å². The van der Waals surface area contributed by atoms with Gasteiger partial charge in [-0.05, 0) is 19.1 Å². The minimum atomic E-state index is -3.87. The van der Waals surface area contributed by atoms with Gasteiger partial charge in [0, 0.05) is 0 Å². The van der Waals surface area contributed by atoms with Crippen molar-refractivity contribution in [1.82, 2.24) is 20.2 Å². The van der Waals surface area contributed by atoms with Gasteiger partial charge >= 0.3 is 6.43 Å². The molecule has 0 saturated carbocycles. The fourth-order valence-corrected chi connectivity index (χ4v) is 4.13. The lowest BCUT2D eigenvalue weighted by molar-refractivity contribution is 0.116. The molecule has 0 atom stereocenters. The second-order valence-corrected chi connectivity index (χ2v) is 8.79. The molecule has 0 N–H and O–H groups in total. The van der Waals surface area contributed by atoms with Crippen molar-refractivity contribution < 1.29 is 30.4 Å².